The van der Waals surface area contributed by atoms with Gasteiger partial charge in [0.25, 0.3) is 6.30 Å². The van der Waals surface area contributed by atoms with E-state index in [1.54, 1.807) is 0 Å². The van der Waals surface area contributed by atoms with Gasteiger partial charge in [0, 0.05) is 0 Å². The molecule has 1 rings (SSSR count). The van der Waals surface area contributed by atoms with Gasteiger partial charge in [-0.3, -0.25) is 10.1 Å². The molecule has 13 heavy (non-hydrogen) atoms. The summed E-state index contributed by atoms with van der Waals surface area (Å²) in [6, 6.07) is 0. The molecule has 0 fully saturated rings. The monoisotopic (exact) mass is 189 g/mol. The molecule has 1 unspecified atom stereocenters. The Hall–Kier alpha value is -1.99. The maximum Gasteiger partial charge on any atom is 0.361 e. The second kappa shape index (κ2) is 3.17. The van der Waals surface area contributed by atoms with Crippen LogP contribution in [0.15, 0.2) is 12.4 Å². The van der Waals surface area contributed by atoms with Crippen LogP contribution >= 0.6 is 0 Å². The molecule has 0 aliphatic heterocycles. The zero-order valence-electron chi connectivity index (χ0n) is 6.12. The summed E-state index contributed by atoms with van der Waals surface area (Å²) in [4.78, 5) is 19.4. The molecule has 1 aromatic rings. The third-order valence-electron chi connectivity index (χ3n) is 1.23. The zero-order chi connectivity index (χ0) is 10.0. The van der Waals surface area contributed by atoms with Gasteiger partial charge in [-0.1, -0.05) is 0 Å². The lowest BCUT2D eigenvalue weighted by molar-refractivity contribution is -0.385. The number of hydrogen-bond acceptors (Lipinski definition) is 4. The molecule has 8 heteroatoms. The molecule has 1 N–H and O–H groups in total. The van der Waals surface area contributed by atoms with E-state index in [2.05, 4.69) is 5.10 Å². The van der Waals surface area contributed by atoms with Crippen LogP contribution in [0.2, 0.25) is 0 Å². The van der Waals surface area contributed by atoms with Crippen molar-refractivity contribution in [1.29, 1.82) is 0 Å². The molecule has 0 spiro atoms. The number of rotatable bonds is 3. The highest BCUT2D eigenvalue weighted by Gasteiger charge is 2.21. The maximum atomic E-state index is 12.6. The third-order valence-corrected chi connectivity index (χ3v) is 1.23. The van der Waals surface area contributed by atoms with Gasteiger partial charge in [0.2, 0.25) is 0 Å². The molecule has 0 radical (unpaired) electrons. The lowest BCUT2D eigenvalue weighted by Gasteiger charge is -1.99. The summed E-state index contributed by atoms with van der Waals surface area (Å²) < 4.78 is 13.0. The number of aromatic nitrogens is 2. The Kier molecular flexibility index (Phi) is 2.22. The van der Waals surface area contributed by atoms with Crippen LogP contribution in [-0.4, -0.2) is 25.8 Å². The van der Waals surface area contributed by atoms with Crippen molar-refractivity contribution in [3.63, 3.8) is 0 Å². The molecular weight excluding hydrogens is 185 g/mol. The van der Waals surface area contributed by atoms with Crippen LogP contribution in [0.3, 0.4) is 0 Å². The first-order chi connectivity index (χ1) is 6.02. The molecule has 0 saturated heterocycles. The Bertz CT molecular complexity index is 349. The standard InChI is InChI=1S/C5H4FN3O4/c6-4(5(10)11)8-2-3(1-7-8)9(12)13/h1-2,4H,(H,10,11). The van der Waals surface area contributed by atoms with Crippen LogP contribution in [0.4, 0.5) is 10.1 Å². The Morgan fingerprint density at radius 3 is 2.85 bits per heavy atom. The number of carboxylic acids is 1. The highest BCUT2D eigenvalue weighted by molar-refractivity contribution is 5.70. The topological polar surface area (TPSA) is 98.3 Å². The van der Waals surface area contributed by atoms with Crippen molar-refractivity contribution in [2.24, 2.45) is 0 Å². The van der Waals surface area contributed by atoms with E-state index in [1.807, 2.05) is 0 Å². The van der Waals surface area contributed by atoms with E-state index in [1.165, 1.54) is 0 Å². The number of carbonyl (C=O) groups is 1. The molecule has 0 aliphatic rings. The Labute approximate surface area is 70.5 Å². The van der Waals surface area contributed by atoms with Gasteiger partial charge in [0.1, 0.15) is 12.4 Å². The fourth-order valence-corrected chi connectivity index (χ4v) is 0.659. The lowest BCUT2D eigenvalue weighted by atomic mass is 10.6. The number of aliphatic carboxylic acids is 1. The fourth-order valence-electron chi connectivity index (χ4n) is 0.659. The average molecular weight is 189 g/mol. The van der Waals surface area contributed by atoms with Crippen molar-refractivity contribution in [1.82, 2.24) is 9.78 Å². The first-order valence-electron chi connectivity index (χ1n) is 3.08. The Morgan fingerprint density at radius 1 is 1.85 bits per heavy atom. The lowest BCUT2D eigenvalue weighted by Crippen LogP contribution is -2.14. The largest absolute Gasteiger partial charge is 0.478 e. The highest BCUT2D eigenvalue weighted by atomic mass is 19.1. The predicted octanol–water partition coefficient (Wildman–Crippen LogP) is 0.344. The molecule has 0 bridgehead atoms. The van der Waals surface area contributed by atoms with Crippen LogP contribution in [0.25, 0.3) is 0 Å². The molecular formula is C5H4FN3O4. The number of alkyl halides is 1. The van der Waals surface area contributed by atoms with Crippen molar-refractivity contribution < 1.29 is 19.2 Å². The van der Waals surface area contributed by atoms with Crippen molar-refractivity contribution in [3.8, 4) is 0 Å². The van der Waals surface area contributed by atoms with E-state index in [-0.39, 0.29) is 0 Å². The first kappa shape index (κ1) is 9.10. The second-order valence-electron chi connectivity index (χ2n) is 2.11. The van der Waals surface area contributed by atoms with Gasteiger partial charge in [0.05, 0.1) is 4.92 Å². The second-order valence-corrected chi connectivity index (χ2v) is 2.11. The van der Waals surface area contributed by atoms with Gasteiger partial charge in [-0.2, -0.15) is 5.10 Å². The molecule has 0 aromatic carbocycles. The van der Waals surface area contributed by atoms with Crippen LogP contribution in [0.1, 0.15) is 6.30 Å². The smallest absolute Gasteiger partial charge is 0.361 e. The first-order valence-corrected chi connectivity index (χ1v) is 3.08. The molecule has 1 atom stereocenters. The molecule has 7 nitrogen and oxygen atoms in total. The third kappa shape index (κ3) is 1.78. The van der Waals surface area contributed by atoms with Crippen LogP contribution < -0.4 is 0 Å². The summed E-state index contributed by atoms with van der Waals surface area (Å²) in [5, 5.41) is 21.4. The van der Waals surface area contributed by atoms with E-state index in [0.29, 0.717) is 10.9 Å². The van der Waals surface area contributed by atoms with Gasteiger partial charge >= 0.3 is 11.7 Å². The summed E-state index contributed by atoms with van der Waals surface area (Å²) in [7, 11) is 0. The van der Waals surface area contributed by atoms with E-state index >= 15 is 0 Å². The van der Waals surface area contributed by atoms with Crippen molar-refractivity contribution in [2.75, 3.05) is 0 Å². The predicted molar refractivity (Wildman–Crippen MR) is 36.7 cm³/mol. The van der Waals surface area contributed by atoms with E-state index in [9.17, 15) is 19.3 Å². The number of halogens is 1. The minimum atomic E-state index is -2.39. The van der Waals surface area contributed by atoms with Gasteiger partial charge in [0.15, 0.2) is 0 Å². The number of nitrogens with zero attached hydrogens (tertiary/aromatic N) is 3. The van der Waals surface area contributed by atoms with E-state index < -0.39 is 22.9 Å². The normalized spacial score (nSPS) is 12.4. The van der Waals surface area contributed by atoms with Crippen LogP contribution in [0, 0.1) is 10.1 Å². The molecule has 70 valence electrons. The Balaban J connectivity index is 2.91. The Morgan fingerprint density at radius 2 is 2.46 bits per heavy atom. The minimum absolute atomic E-state index is 0.362. The average Bonchev–Trinajstić information content (AvgIpc) is 2.50. The molecule has 0 amide bonds. The van der Waals surface area contributed by atoms with Gasteiger partial charge in [-0.25, -0.2) is 13.9 Å². The molecule has 1 heterocycles. The van der Waals surface area contributed by atoms with Crippen LogP contribution in [-0.2, 0) is 4.79 Å². The number of hydrogen-bond donors (Lipinski definition) is 1. The summed E-state index contributed by atoms with van der Waals surface area (Å²) in [6.45, 7) is 0. The van der Waals surface area contributed by atoms with Crippen molar-refractivity contribution in [2.45, 2.75) is 6.30 Å². The SMILES string of the molecule is O=C(O)C(F)n1cc([N+](=O)[O-])cn1. The van der Waals surface area contributed by atoms with Gasteiger partial charge in [-0.15, -0.1) is 0 Å². The summed E-state index contributed by atoms with van der Waals surface area (Å²) >= 11 is 0. The molecule has 0 aliphatic carbocycles. The summed E-state index contributed by atoms with van der Waals surface area (Å²) in [5.41, 5.74) is -0.455. The summed E-state index contributed by atoms with van der Waals surface area (Å²) in [5.74, 6) is -1.75. The van der Waals surface area contributed by atoms with Gasteiger partial charge < -0.3 is 5.11 Å². The maximum absolute atomic E-state index is 12.6. The zero-order valence-corrected chi connectivity index (χ0v) is 6.12. The number of carboxylic acid groups (broad SMARTS) is 1. The van der Waals surface area contributed by atoms with Crippen LogP contribution in [0.5, 0.6) is 0 Å². The van der Waals surface area contributed by atoms with Gasteiger partial charge in [-0.05, 0) is 0 Å². The fraction of sp³-hybridized carbons (Fsp3) is 0.200. The van der Waals surface area contributed by atoms with E-state index in [4.69, 9.17) is 5.11 Å². The molecule has 1 aromatic heterocycles. The highest BCUT2D eigenvalue weighted by Crippen LogP contribution is 2.13. The quantitative estimate of drug-likeness (QED) is 0.546. The molecule has 0 saturated carbocycles. The number of nitro groups is 1. The summed E-state index contributed by atoms with van der Waals surface area (Å²) in [6.07, 6.45) is -0.914. The van der Waals surface area contributed by atoms with E-state index in [0.717, 1.165) is 6.20 Å². The van der Waals surface area contributed by atoms with Crippen molar-refractivity contribution in [3.05, 3.63) is 22.5 Å². The minimum Gasteiger partial charge on any atom is -0.478 e. The van der Waals surface area contributed by atoms with Crippen molar-refractivity contribution >= 4 is 11.7 Å².